The van der Waals surface area contributed by atoms with E-state index in [1.54, 1.807) is 6.07 Å². The first-order chi connectivity index (χ1) is 13.6. The molecule has 28 heavy (non-hydrogen) atoms. The van der Waals surface area contributed by atoms with Crippen LogP contribution in [0.4, 0.5) is 5.82 Å². The maximum absolute atomic E-state index is 13.0. The molecule has 1 aromatic heterocycles. The van der Waals surface area contributed by atoms with Crippen LogP contribution in [0.25, 0.3) is 0 Å². The minimum absolute atomic E-state index is 0.112. The highest BCUT2D eigenvalue weighted by Gasteiger charge is 2.34. The van der Waals surface area contributed by atoms with Gasteiger partial charge in [-0.25, -0.2) is 0 Å². The van der Waals surface area contributed by atoms with E-state index in [9.17, 15) is 9.59 Å². The van der Waals surface area contributed by atoms with Gasteiger partial charge in [0.25, 0.3) is 5.56 Å². The fourth-order valence-electron chi connectivity index (χ4n) is 3.86. The summed E-state index contributed by atoms with van der Waals surface area (Å²) < 4.78 is 12.7. The molecular formula is C18H18ClN3O4S2. The number of halogens is 1. The molecule has 1 amide bonds. The number of amides is 1. The molecule has 1 fully saturated rings. The molecule has 0 spiro atoms. The van der Waals surface area contributed by atoms with Gasteiger partial charge < -0.3 is 14.8 Å². The molecule has 4 heterocycles. The standard InChI is InChI=1S/C18H18ClN3O4S2/c19-11-5-9(6-12-15(11)26-8-25-12)16-14-17(20-13(23)7-28-16)22(21-18(14)24)10-1-3-27-4-2-10/h5-6,10,16H,1-4,7-8H2,(H,20,23)(H,21,24)/t16-/m1/s1. The Morgan fingerprint density at radius 1 is 1.18 bits per heavy atom. The van der Waals surface area contributed by atoms with Crippen LogP contribution in [0.1, 0.15) is 35.3 Å². The van der Waals surface area contributed by atoms with E-state index in [4.69, 9.17) is 21.1 Å². The molecule has 0 aliphatic carbocycles. The molecule has 1 atom stereocenters. The van der Waals surface area contributed by atoms with Crippen LogP contribution >= 0.6 is 35.1 Å². The van der Waals surface area contributed by atoms with Gasteiger partial charge in [-0.3, -0.25) is 19.4 Å². The minimum Gasteiger partial charge on any atom is -0.454 e. The predicted molar refractivity (Wildman–Crippen MR) is 111 cm³/mol. The predicted octanol–water partition coefficient (Wildman–Crippen LogP) is 3.40. The van der Waals surface area contributed by atoms with Crippen LogP contribution in [-0.2, 0) is 4.79 Å². The van der Waals surface area contributed by atoms with E-state index in [1.807, 2.05) is 22.5 Å². The van der Waals surface area contributed by atoms with Crippen molar-refractivity contribution in [1.82, 2.24) is 9.78 Å². The van der Waals surface area contributed by atoms with Crippen molar-refractivity contribution in [2.24, 2.45) is 0 Å². The number of H-pyrrole nitrogens is 1. The number of nitrogens with zero attached hydrogens (tertiary/aromatic N) is 1. The number of thioether (sulfide) groups is 2. The van der Waals surface area contributed by atoms with Crippen LogP contribution in [0.5, 0.6) is 11.5 Å². The van der Waals surface area contributed by atoms with E-state index in [2.05, 4.69) is 10.4 Å². The van der Waals surface area contributed by atoms with Crippen molar-refractivity contribution >= 4 is 46.8 Å². The van der Waals surface area contributed by atoms with Gasteiger partial charge in [0.15, 0.2) is 11.5 Å². The number of benzene rings is 1. The van der Waals surface area contributed by atoms with Gasteiger partial charge in [0, 0.05) is 0 Å². The molecule has 3 aliphatic heterocycles. The maximum atomic E-state index is 13.0. The number of nitrogens with one attached hydrogen (secondary N) is 2. The highest BCUT2D eigenvalue weighted by atomic mass is 35.5. The van der Waals surface area contributed by atoms with Gasteiger partial charge in [0.2, 0.25) is 12.7 Å². The first-order valence-electron chi connectivity index (χ1n) is 9.04. The second kappa shape index (κ2) is 7.27. The number of hydrogen-bond acceptors (Lipinski definition) is 6. The smallest absolute Gasteiger partial charge is 0.270 e. The summed E-state index contributed by atoms with van der Waals surface area (Å²) in [5, 5.41) is 6.04. The Balaban J connectivity index is 1.62. The molecule has 10 heteroatoms. The van der Waals surface area contributed by atoms with Gasteiger partial charge in [-0.05, 0) is 42.0 Å². The average Bonchev–Trinajstić information content (AvgIpc) is 3.24. The summed E-state index contributed by atoms with van der Waals surface area (Å²) in [4.78, 5) is 25.3. The summed E-state index contributed by atoms with van der Waals surface area (Å²) in [7, 11) is 0. The quantitative estimate of drug-likeness (QED) is 0.746. The minimum atomic E-state index is -0.330. The lowest BCUT2D eigenvalue weighted by Crippen LogP contribution is -2.22. The van der Waals surface area contributed by atoms with Gasteiger partial charge >= 0.3 is 0 Å². The van der Waals surface area contributed by atoms with Gasteiger partial charge in [-0.2, -0.15) is 11.8 Å². The zero-order chi connectivity index (χ0) is 19.3. The normalized spacial score (nSPS) is 21.9. The van der Waals surface area contributed by atoms with E-state index < -0.39 is 0 Å². The summed E-state index contributed by atoms with van der Waals surface area (Å²) in [5.41, 5.74) is 1.20. The second-order valence-electron chi connectivity index (χ2n) is 6.89. The van der Waals surface area contributed by atoms with Crippen molar-refractivity contribution in [3.8, 4) is 11.5 Å². The molecule has 2 N–H and O–H groups in total. The molecule has 148 valence electrons. The van der Waals surface area contributed by atoms with Crippen molar-refractivity contribution in [2.75, 3.05) is 29.4 Å². The molecule has 1 aromatic carbocycles. The van der Waals surface area contributed by atoms with E-state index >= 15 is 0 Å². The van der Waals surface area contributed by atoms with Crippen molar-refractivity contribution < 1.29 is 14.3 Å². The Labute approximate surface area is 174 Å². The van der Waals surface area contributed by atoms with Gasteiger partial charge in [0.05, 0.1) is 27.6 Å². The molecule has 1 saturated heterocycles. The number of carbonyl (C=O) groups is 1. The van der Waals surface area contributed by atoms with Crippen LogP contribution in [0.15, 0.2) is 16.9 Å². The average molecular weight is 440 g/mol. The monoisotopic (exact) mass is 439 g/mol. The third-order valence-corrected chi connectivity index (χ3v) is 7.77. The third kappa shape index (κ3) is 3.09. The van der Waals surface area contributed by atoms with Crippen LogP contribution in [0.2, 0.25) is 5.02 Å². The van der Waals surface area contributed by atoms with E-state index in [-0.39, 0.29) is 35.3 Å². The zero-order valence-electron chi connectivity index (χ0n) is 14.8. The lowest BCUT2D eigenvalue weighted by atomic mass is 10.0. The van der Waals surface area contributed by atoms with Crippen molar-refractivity contribution in [2.45, 2.75) is 24.1 Å². The summed E-state index contributed by atoms with van der Waals surface area (Å²) in [6, 6.07) is 3.82. The molecule has 7 nitrogen and oxygen atoms in total. The molecule has 2 aromatic rings. The number of aromatic amines is 1. The van der Waals surface area contributed by atoms with Crippen LogP contribution in [0, 0.1) is 0 Å². The summed E-state index contributed by atoms with van der Waals surface area (Å²) in [5.74, 6) is 3.89. The molecule has 0 radical (unpaired) electrons. The topological polar surface area (TPSA) is 85.3 Å². The Hall–Kier alpha value is -1.71. The Bertz CT molecular complexity index is 999. The van der Waals surface area contributed by atoms with Crippen molar-refractivity contribution in [1.29, 1.82) is 0 Å². The SMILES string of the molecule is O=C1CS[C@H](c2cc(Cl)c3c(c2)OCO3)c2c(n(C3CCSCC3)[nH]c2=O)N1. The summed E-state index contributed by atoms with van der Waals surface area (Å²) >= 11 is 9.69. The Morgan fingerprint density at radius 3 is 2.82 bits per heavy atom. The highest BCUT2D eigenvalue weighted by Crippen LogP contribution is 2.47. The van der Waals surface area contributed by atoms with Gasteiger partial charge in [-0.15, -0.1) is 11.8 Å². The van der Waals surface area contributed by atoms with Gasteiger partial charge in [-0.1, -0.05) is 11.6 Å². The number of anilines is 1. The van der Waals surface area contributed by atoms with Gasteiger partial charge in [0.1, 0.15) is 5.82 Å². The van der Waals surface area contributed by atoms with Crippen LogP contribution < -0.4 is 20.3 Å². The molecule has 0 bridgehead atoms. The zero-order valence-corrected chi connectivity index (χ0v) is 17.2. The van der Waals surface area contributed by atoms with E-state index in [1.165, 1.54) is 11.8 Å². The Kier molecular flexibility index (Phi) is 4.76. The second-order valence-corrected chi connectivity index (χ2v) is 9.62. The van der Waals surface area contributed by atoms with Crippen LogP contribution in [0.3, 0.4) is 0 Å². The molecule has 3 aliphatic rings. The summed E-state index contributed by atoms with van der Waals surface area (Å²) in [6.45, 7) is 0.123. The van der Waals surface area contributed by atoms with Crippen molar-refractivity contribution in [3.05, 3.63) is 38.6 Å². The lowest BCUT2D eigenvalue weighted by Gasteiger charge is -2.24. The highest BCUT2D eigenvalue weighted by molar-refractivity contribution is 8.00. The number of hydrogen-bond donors (Lipinski definition) is 2. The lowest BCUT2D eigenvalue weighted by molar-refractivity contribution is -0.113. The number of fused-ring (bicyclic) bond motifs is 2. The number of rotatable bonds is 2. The summed E-state index contributed by atoms with van der Waals surface area (Å²) in [6.07, 6.45) is 1.93. The number of aromatic nitrogens is 2. The largest absolute Gasteiger partial charge is 0.454 e. The number of ether oxygens (including phenoxy) is 2. The third-order valence-electron chi connectivity index (χ3n) is 5.17. The van der Waals surface area contributed by atoms with Crippen LogP contribution in [-0.4, -0.2) is 39.7 Å². The molecular weight excluding hydrogens is 422 g/mol. The fraction of sp³-hybridized carbons (Fsp3) is 0.444. The molecule has 0 saturated carbocycles. The number of carbonyl (C=O) groups excluding carboxylic acids is 1. The molecule has 0 unspecified atom stereocenters. The first-order valence-corrected chi connectivity index (χ1v) is 11.6. The maximum Gasteiger partial charge on any atom is 0.270 e. The first kappa shape index (κ1) is 18.3. The van der Waals surface area contributed by atoms with E-state index in [0.717, 1.165) is 29.9 Å². The van der Waals surface area contributed by atoms with Crippen molar-refractivity contribution in [3.63, 3.8) is 0 Å². The molecule has 5 rings (SSSR count). The van der Waals surface area contributed by atoms with E-state index in [0.29, 0.717) is 27.9 Å². The fourth-order valence-corrected chi connectivity index (χ4v) is 6.32. The Morgan fingerprint density at radius 2 is 2.00 bits per heavy atom.